The number of esters is 1. The Bertz CT molecular complexity index is 392. The van der Waals surface area contributed by atoms with Crippen LogP contribution in [0.25, 0.3) is 0 Å². The van der Waals surface area contributed by atoms with E-state index in [0.717, 1.165) is 13.2 Å². The standard InChI is InChI=1S/C10H8ClFO3/c1-15-10(14)9(13)8(11)6-4-2-3-5-7(6)12/h2-5,8H,1H3/t8-/m0/s1. The topological polar surface area (TPSA) is 43.4 Å². The molecule has 0 amide bonds. The van der Waals surface area contributed by atoms with Crippen molar-refractivity contribution in [1.29, 1.82) is 0 Å². The van der Waals surface area contributed by atoms with Gasteiger partial charge in [-0.15, -0.1) is 11.6 Å². The normalized spacial score (nSPS) is 11.9. The molecule has 0 N–H and O–H groups in total. The Balaban J connectivity index is 2.95. The van der Waals surface area contributed by atoms with Crippen LogP contribution < -0.4 is 0 Å². The maximum atomic E-state index is 13.2. The highest BCUT2D eigenvalue weighted by Crippen LogP contribution is 2.24. The smallest absolute Gasteiger partial charge is 0.376 e. The first kappa shape index (κ1) is 11.7. The monoisotopic (exact) mass is 230 g/mol. The van der Waals surface area contributed by atoms with Crippen molar-refractivity contribution in [3.8, 4) is 0 Å². The Morgan fingerprint density at radius 3 is 2.53 bits per heavy atom. The summed E-state index contributed by atoms with van der Waals surface area (Å²) in [6.45, 7) is 0. The number of Topliss-reactive ketones (excluding diaryl/α,β-unsaturated/α-hetero) is 1. The van der Waals surface area contributed by atoms with Crippen LogP contribution in [0, 0.1) is 5.82 Å². The molecule has 0 saturated heterocycles. The molecule has 0 aliphatic rings. The van der Waals surface area contributed by atoms with Gasteiger partial charge in [-0.3, -0.25) is 4.79 Å². The molecule has 0 fully saturated rings. The Hall–Kier alpha value is -1.42. The zero-order chi connectivity index (χ0) is 11.4. The van der Waals surface area contributed by atoms with Crippen LogP contribution in [0.2, 0.25) is 0 Å². The SMILES string of the molecule is COC(=O)C(=O)[C@@H](Cl)c1ccccc1F. The second-order valence-corrected chi connectivity index (χ2v) is 3.18. The van der Waals surface area contributed by atoms with Crippen molar-refractivity contribution in [3.05, 3.63) is 35.6 Å². The van der Waals surface area contributed by atoms with E-state index in [2.05, 4.69) is 4.74 Å². The molecular weight excluding hydrogens is 223 g/mol. The van der Waals surface area contributed by atoms with Gasteiger partial charge in [-0.25, -0.2) is 9.18 Å². The lowest BCUT2D eigenvalue weighted by Crippen LogP contribution is -2.20. The average Bonchev–Trinajstić information content (AvgIpc) is 2.26. The first-order chi connectivity index (χ1) is 7.07. The second-order valence-electron chi connectivity index (χ2n) is 2.74. The van der Waals surface area contributed by atoms with Gasteiger partial charge in [0.1, 0.15) is 11.2 Å². The van der Waals surface area contributed by atoms with E-state index in [9.17, 15) is 14.0 Å². The molecule has 0 unspecified atom stereocenters. The van der Waals surface area contributed by atoms with Crippen LogP contribution in [-0.4, -0.2) is 18.9 Å². The lowest BCUT2D eigenvalue weighted by atomic mass is 10.1. The van der Waals surface area contributed by atoms with E-state index in [4.69, 9.17) is 11.6 Å². The molecule has 0 bridgehead atoms. The average molecular weight is 231 g/mol. The van der Waals surface area contributed by atoms with Crippen LogP contribution in [0.4, 0.5) is 4.39 Å². The van der Waals surface area contributed by atoms with Gasteiger partial charge in [0.25, 0.3) is 5.78 Å². The van der Waals surface area contributed by atoms with Crippen molar-refractivity contribution in [2.45, 2.75) is 5.38 Å². The molecule has 80 valence electrons. The van der Waals surface area contributed by atoms with E-state index < -0.39 is 22.9 Å². The Labute approximate surface area is 90.8 Å². The first-order valence-electron chi connectivity index (χ1n) is 4.08. The lowest BCUT2D eigenvalue weighted by Gasteiger charge is -2.07. The maximum Gasteiger partial charge on any atom is 0.376 e. The predicted molar refractivity (Wildman–Crippen MR) is 52.0 cm³/mol. The van der Waals surface area contributed by atoms with E-state index in [-0.39, 0.29) is 5.56 Å². The number of alkyl halides is 1. The fourth-order valence-electron chi connectivity index (χ4n) is 1.03. The van der Waals surface area contributed by atoms with Gasteiger partial charge in [0.05, 0.1) is 7.11 Å². The molecule has 1 aromatic rings. The summed E-state index contributed by atoms with van der Waals surface area (Å²) >= 11 is 5.65. The molecular formula is C10H8ClFO3. The predicted octanol–water partition coefficient (Wildman–Crippen LogP) is 1.85. The molecule has 3 nitrogen and oxygen atoms in total. The fraction of sp³-hybridized carbons (Fsp3) is 0.200. The van der Waals surface area contributed by atoms with E-state index in [1.807, 2.05) is 0 Å². The Morgan fingerprint density at radius 2 is 2.00 bits per heavy atom. The molecule has 0 aliphatic carbocycles. The summed E-state index contributed by atoms with van der Waals surface area (Å²) in [6, 6.07) is 5.49. The van der Waals surface area contributed by atoms with Gasteiger partial charge in [0.15, 0.2) is 0 Å². The zero-order valence-corrected chi connectivity index (χ0v) is 8.62. The van der Waals surface area contributed by atoms with Crippen molar-refractivity contribution in [2.24, 2.45) is 0 Å². The number of ether oxygens (including phenoxy) is 1. The molecule has 5 heteroatoms. The van der Waals surface area contributed by atoms with Crippen molar-refractivity contribution >= 4 is 23.4 Å². The van der Waals surface area contributed by atoms with Crippen molar-refractivity contribution in [3.63, 3.8) is 0 Å². The molecule has 0 aliphatic heterocycles. The third-order valence-electron chi connectivity index (χ3n) is 1.80. The van der Waals surface area contributed by atoms with Gasteiger partial charge >= 0.3 is 5.97 Å². The highest BCUT2D eigenvalue weighted by atomic mass is 35.5. The van der Waals surface area contributed by atoms with Crippen molar-refractivity contribution in [2.75, 3.05) is 7.11 Å². The Morgan fingerprint density at radius 1 is 1.40 bits per heavy atom. The number of hydrogen-bond acceptors (Lipinski definition) is 3. The number of carbonyl (C=O) groups is 2. The zero-order valence-electron chi connectivity index (χ0n) is 7.87. The number of hydrogen-bond donors (Lipinski definition) is 0. The summed E-state index contributed by atoms with van der Waals surface area (Å²) in [6.07, 6.45) is 0. The van der Waals surface area contributed by atoms with Crippen LogP contribution >= 0.6 is 11.6 Å². The van der Waals surface area contributed by atoms with Crippen LogP contribution in [0.5, 0.6) is 0 Å². The van der Waals surface area contributed by atoms with Gasteiger partial charge in [-0.1, -0.05) is 18.2 Å². The summed E-state index contributed by atoms with van der Waals surface area (Å²) in [5.41, 5.74) is -0.0328. The largest absolute Gasteiger partial charge is 0.463 e. The summed E-state index contributed by atoms with van der Waals surface area (Å²) in [4.78, 5) is 22.1. The number of methoxy groups -OCH3 is 1. The fourth-order valence-corrected chi connectivity index (χ4v) is 1.29. The molecule has 0 radical (unpaired) electrons. The number of carbonyl (C=O) groups excluding carboxylic acids is 2. The molecule has 0 heterocycles. The van der Waals surface area contributed by atoms with E-state index in [0.29, 0.717) is 0 Å². The number of benzene rings is 1. The van der Waals surface area contributed by atoms with Crippen LogP contribution in [0.15, 0.2) is 24.3 Å². The minimum Gasteiger partial charge on any atom is -0.463 e. The Kier molecular flexibility index (Phi) is 3.80. The molecule has 1 rings (SSSR count). The number of halogens is 2. The van der Waals surface area contributed by atoms with Crippen molar-refractivity contribution < 1.29 is 18.7 Å². The maximum absolute atomic E-state index is 13.2. The number of ketones is 1. The molecule has 1 atom stereocenters. The summed E-state index contributed by atoms with van der Waals surface area (Å²) in [5, 5.41) is -1.35. The molecule has 0 aromatic heterocycles. The third kappa shape index (κ3) is 2.53. The summed E-state index contributed by atoms with van der Waals surface area (Å²) in [7, 11) is 1.06. The lowest BCUT2D eigenvalue weighted by molar-refractivity contribution is -0.151. The minimum atomic E-state index is -1.35. The molecule has 15 heavy (non-hydrogen) atoms. The first-order valence-corrected chi connectivity index (χ1v) is 4.52. The summed E-state index contributed by atoms with van der Waals surface area (Å²) < 4.78 is 17.4. The van der Waals surface area contributed by atoms with E-state index in [1.165, 1.54) is 18.2 Å². The molecule has 1 aromatic carbocycles. The molecule has 0 saturated carbocycles. The minimum absolute atomic E-state index is 0.0328. The van der Waals surface area contributed by atoms with Gasteiger partial charge in [0.2, 0.25) is 0 Å². The van der Waals surface area contributed by atoms with Gasteiger partial charge in [-0.05, 0) is 6.07 Å². The van der Waals surface area contributed by atoms with Crippen LogP contribution in [0.3, 0.4) is 0 Å². The summed E-state index contributed by atoms with van der Waals surface area (Å²) in [5.74, 6) is -2.70. The highest BCUT2D eigenvalue weighted by molar-refractivity contribution is 6.47. The highest BCUT2D eigenvalue weighted by Gasteiger charge is 2.27. The third-order valence-corrected chi connectivity index (χ3v) is 2.23. The van der Waals surface area contributed by atoms with Gasteiger partial charge in [0, 0.05) is 5.56 Å². The van der Waals surface area contributed by atoms with E-state index >= 15 is 0 Å². The second kappa shape index (κ2) is 4.89. The van der Waals surface area contributed by atoms with Crippen LogP contribution in [0.1, 0.15) is 10.9 Å². The van der Waals surface area contributed by atoms with Crippen molar-refractivity contribution in [1.82, 2.24) is 0 Å². The van der Waals surface area contributed by atoms with E-state index in [1.54, 1.807) is 0 Å². The quantitative estimate of drug-likeness (QED) is 0.452. The van der Waals surface area contributed by atoms with Crippen LogP contribution in [-0.2, 0) is 14.3 Å². The number of rotatable bonds is 3. The van der Waals surface area contributed by atoms with Gasteiger partial charge < -0.3 is 4.74 Å². The van der Waals surface area contributed by atoms with Gasteiger partial charge in [-0.2, -0.15) is 0 Å². The molecule has 0 spiro atoms.